The van der Waals surface area contributed by atoms with E-state index >= 15 is 0 Å². The van der Waals surface area contributed by atoms with Gasteiger partial charge in [0.15, 0.2) is 11.2 Å². The number of aliphatic hydroxyl groups excluding tert-OH is 1. The Morgan fingerprint density at radius 3 is 2.29 bits per heavy atom. The van der Waals surface area contributed by atoms with Crippen LogP contribution in [0.1, 0.15) is 57.1 Å². The van der Waals surface area contributed by atoms with Crippen molar-refractivity contribution in [2.45, 2.75) is 63.3 Å². The molecule has 0 amide bonds. The smallest absolute Gasteiger partial charge is 0.332 e. The van der Waals surface area contributed by atoms with Crippen LogP contribution >= 0.6 is 0 Å². The van der Waals surface area contributed by atoms with Gasteiger partial charge in [-0.2, -0.15) is 4.98 Å². The van der Waals surface area contributed by atoms with Gasteiger partial charge in [-0.25, -0.2) is 4.79 Å². The van der Waals surface area contributed by atoms with E-state index in [1.54, 1.807) is 7.05 Å². The lowest BCUT2D eigenvalue weighted by Gasteiger charge is -2.56. The van der Waals surface area contributed by atoms with Crippen molar-refractivity contribution in [3.63, 3.8) is 0 Å². The number of aliphatic hydroxyl groups is 1. The van der Waals surface area contributed by atoms with Gasteiger partial charge in [0.1, 0.15) is 0 Å². The van der Waals surface area contributed by atoms with Crippen LogP contribution in [0.4, 0.5) is 0 Å². The van der Waals surface area contributed by atoms with E-state index < -0.39 is 0 Å². The van der Waals surface area contributed by atoms with Crippen LogP contribution in [0, 0.1) is 17.8 Å². The van der Waals surface area contributed by atoms with Gasteiger partial charge < -0.3 is 9.67 Å². The minimum absolute atomic E-state index is 0.173. The molecule has 4 aliphatic rings. The van der Waals surface area contributed by atoms with Crippen molar-refractivity contribution in [3.05, 3.63) is 32.7 Å². The third-order valence-corrected chi connectivity index (χ3v) is 8.43. The summed E-state index contributed by atoms with van der Waals surface area (Å²) in [6, 6.07) is 0. The Kier molecular flexibility index (Phi) is 4.10. The largest absolute Gasteiger partial charge is 0.396 e. The molecule has 8 heteroatoms. The summed E-state index contributed by atoms with van der Waals surface area (Å²) in [6.45, 7) is 0.946. The van der Waals surface area contributed by atoms with Gasteiger partial charge in [-0.15, -0.1) is 0 Å². The van der Waals surface area contributed by atoms with Crippen LogP contribution in [0.25, 0.3) is 16.9 Å². The molecule has 0 radical (unpaired) electrons. The lowest BCUT2D eigenvalue weighted by atomic mass is 9.49. The normalized spacial score (nSPS) is 29.6. The molecule has 3 heterocycles. The predicted octanol–water partition coefficient (Wildman–Crippen LogP) is 1.93. The first kappa shape index (κ1) is 19.3. The molecule has 4 aliphatic carbocycles. The Hall–Kier alpha value is -2.35. The van der Waals surface area contributed by atoms with Gasteiger partial charge in [0.05, 0.1) is 0 Å². The molecule has 4 bridgehead atoms. The topological polar surface area (TPSA) is 86.5 Å². The molecule has 0 aliphatic heterocycles. The average molecular weight is 426 g/mol. The lowest BCUT2D eigenvalue weighted by molar-refractivity contribution is -0.00877. The van der Waals surface area contributed by atoms with E-state index in [2.05, 4.69) is 10.8 Å². The van der Waals surface area contributed by atoms with Crippen molar-refractivity contribution in [3.8, 4) is 0 Å². The number of aromatic nitrogens is 5. The lowest BCUT2D eigenvalue weighted by Crippen LogP contribution is -2.49. The highest BCUT2D eigenvalue weighted by Gasteiger charge is 2.53. The van der Waals surface area contributed by atoms with Crippen LogP contribution < -0.4 is 11.2 Å². The quantitative estimate of drug-likeness (QED) is 0.633. The number of nitrogens with zero attached hydrogens (tertiary/aromatic N) is 5. The predicted molar refractivity (Wildman–Crippen MR) is 117 cm³/mol. The molecule has 4 fully saturated rings. The zero-order valence-corrected chi connectivity index (χ0v) is 18.4. The maximum absolute atomic E-state index is 13.1. The number of fused-ring (bicyclic) bond motifs is 3. The Bertz CT molecular complexity index is 1270. The molecule has 7 rings (SSSR count). The number of hydrogen-bond donors (Lipinski definition) is 1. The molecule has 8 nitrogen and oxygen atoms in total. The van der Waals surface area contributed by atoms with Crippen LogP contribution in [0.5, 0.6) is 0 Å². The van der Waals surface area contributed by atoms with E-state index in [0.29, 0.717) is 11.2 Å². The minimum atomic E-state index is -0.355. The maximum atomic E-state index is 13.1. The fourth-order valence-corrected chi connectivity index (χ4v) is 7.47. The van der Waals surface area contributed by atoms with Gasteiger partial charge in [-0.1, -0.05) is 0 Å². The molecule has 31 heavy (non-hydrogen) atoms. The summed E-state index contributed by atoms with van der Waals surface area (Å²) in [5.41, 5.74) is 1.75. The summed E-state index contributed by atoms with van der Waals surface area (Å²) < 4.78 is 6.87. The van der Waals surface area contributed by atoms with Crippen LogP contribution in [0.3, 0.4) is 0 Å². The van der Waals surface area contributed by atoms with Gasteiger partial charge in [-0.3, -0.25) is 18.3 Å². The summed E-state index contributed by atoms with van der Waals surface area (Å²) >= 11 is 0. The number of unbranched alkanes of at least 4 members (excludes halogenated alkanes) is 1. The molecule has 0 unspecified atom stereocenters. The highest BCUT2D eigenvalue weighted by Crippen LogP contribution is 2.60. The molecule has 0 spiro atoms. The molecule has 3 aromatic rings. The van der Waals surface area contributed by atoms with Gasteiger partial charge in [0.2, 0.25) is 5.78 Å². The Balaban J connectivity index is 1.60. The molecule has 0 aromatic carbocycles. The average Bonchev–Trinajstić information content (AvgIpc) is 3.27. The second-order valence-electron chi connectivity index (χ2n) is 10.5. The summed E-state index contributed by atoms with van der Waals surface area (Å²) in [4.78, 5) is 30.3. The third kappa shape index (κ3) is 2.60. The van der Waals surface area contributed by atoms with E-state index in [0.717, 1.165) is 42.9 Å². The number of imidazole rings is 2. The highest BCUT2D eigenvalue weighted by molar-refractivity contribution is 5.75. The molecular weight excluding hydrogens is 394 g/mol. The summed E-state index contributed by atoms with van der Waals surface area (Å²) in [5, 5.41) is 9.34. The second kappa shape index (κ2) is 6.58. The molecule has 0 saturated heterocycles. The SMILES string of the molecule is Cn1c(=O)c2c(nc3n(CCCCO)c(C45CC6CC(CC(C6)C4)C5)cn23)n(C)c1=O. The summed E-state index contributed by atoms with van der Waals surface area (Å²) in [7, 11) is 3.20. The first-order valence-corrected chi connectivity index (χ1v) is 11.7. The van der Waals surface area contributed by atoms with Gasteiger partial charge in [-0.05, 0) is 69.1 Å². The molecule has 1 N–H and O–H groups in total. The number of hydrogen-bond acceptors (Lipinski definition) is 4. The van der Waals surface area contributed by atoms with E-state index in [1.165, 1.54) is 60.4 Å². The van der Waals surface area contributed by atoms with E-state index in [-0.39, 0.29) is 23.3 Å². The Morgan fingerprint density at radius 1 is 1.03 bits per heavy atom. The first-order chi connectivity index (χ1) is 14.9. The Morgan fingerprint density at radius 2 is 1.68 bits per heavy atom. The maximum Gasteiger partial charge on any atom is 0.332 e. The van der Waals surface area contributed by atoms with E-state index in [1.807, 2.05) is 4.40 Å². The van der Waals surface area contributed by atoms with Crippen molar-refractivity contribution in [2.75, 3.05) is 6.61 Å². The van der Waals surface area contributed by atoms with Gasteiger partial charge in [0.25, 0.3) is 5.56 Å². The zero-order chi connectivity index (χ0) is 21.5. The van der Waals surface area contributed by atoms with Crippen LogP contribution in [0.15, 0.2) is 15.8 Å². The van der Waals surface area contributed by atoms with Crippen molar-refractivity contribution in [1.82, 2.24) is 23.1 Å². The second-order valence-corrected chi connectivity index (χ2v) is 10.5. The molecular formula is C23H31N5O3. The third-order valence-electron chi connectivity index (χ3n) is 8.43. The van der Waals surface area contributed by atoms with Crippen LogP contribution in [-0.4, -0.2) is 34.8 Å². The van der Waals surface area contributed by atoms with Crippen LogP contribution in [0.2, 0.25) is 0 Å². The molecule has 4 saturated carbocycles. The van der Waals surface area contributed by atoms with Crippen LogP contribution in [-0.2, 0) is 26.1 Å². The molecule has 166 valence electrons. The monoisotopic (exact) mass is 425 g/mol. The number of aryl methyl sites for hydroxylation is 2. The zero-order valence-electron chi connectivity index (χ0n) is 18.4. The number of rotatable bonds is 5. The van der Waals surface area contributed by atoms with Gasteiger partial charge in [0, 0.05) is 44.6 Å². The van der Waals surface area contributed by atoms with E-state index in [4.69, 9.17) is 4.98 Å². The van der Waals surface area contributed by atoms with Crippen molar-refractivity contribution in [2.24, 2.45) is 31.8 Å². The fraction of sp³-hybridized carbons (Fsp3) is 0.696. The van der Waals surface area contributed by atoms with Gasteiger partial charge >= 0.3 is 5.69 Å². The first-order valence-electron chi connectivity index (χ1n) is 11.7. The van der Waals surface area contributed by atoms with Crippen molar-refractivity contribution in [1.29, 1.82) is 0 Å². The Labute approximate surface area is 180 Å². The summed E-state index contributed by atoms with van der Waals surface area (Å²) in [6.07, 6.45) is 11.6. The van der Waals surface area contributed by atoms with Crippen molar-refractivity contribution < 1.29 is 5.11 Å². The van der Waals surface area contributed by atoms with E-state index in [9.17, 15) is 14.7 Å². The standard InChI is InChI=1S/C23H31N5O3/c1-25-19-18(20(30)26(2)22(25)31)28-13-17(27(21(28)24-19)5-3-4-6-29)23-10-14-7-15(11-23)9-16(8-14)12-23/h13-16,29H,3-12H2,1-2H3. The minimum Gasteiger partial charge on any atom is -0.396 e. The highest BCUT2D eigenvalue weighted by atomic mass is 16.3. The van der Waals surface area contributed by atoms with Crippen molar-refractivity contribution >= 4 is 16.9 Å². The molecule has 0 atom stereocenters. The fourth-order valence-electron chi connectivity index (χ4n) is 7.47. The molecule has 3 aromatic heterocycles. The summed E-state index contributed by atoms with van der Waals surface area (Å²) in [5.74, 6) is 3.22.